The number of aliphatic carboxylic acids is 3. The van der Waals surface area contributed by atoms with Crippen molar-refractivity contribution in [3.05, 3.63) is 11.8 Å². The van der Waals surface area contributed by atoms with Crippen molar-refractivity contribution in [2.45, 2.75) is 26.7 Å². The highest BCUT2D eigenvalue weighted by Gasteiger charge is 2.21. The molecule has 12 heteroatoms. The second-order valence-corrected chi connectivity index (χ2v) is 8.36. The molecule has 0 aromatic carbocycles. The second-order valence-electron chi connectivity index (χ2n) is 8.36. The van der Waals surface area contributed by atoms with Crippen molar-refractivity contribution in [3.63, 3.8) is 0 Å². The van der Waals surface area contributed by atoms with Crippen LogP contribution in [0.2, 0.25) is 0 Å². The molecule has 2 aliphatic rings. The van der Waals surface area contributed by atoms with E-state index in [9.17, 15) is 34.8 Å². The minimum absolute atomic E-state index is 0.116. The van der Waals surface area contributed by atoms with Crippen LogP contribution in [0.1, 0.15) is 26.7 Å². The van der Waals surface area contributed by atoms with Crippen molar-refractivity contribution in [2.24, 2.45) is 4.99 Å². The Bertz CT molecular complexity index is 712. The van der Waals surface area contributed by atoms with E-state index in [1.807, 2.05) is 19.9 Å². The minimum Gasteiger partial charge on any atom is -0.480 e. The van der Waals surface area contributed by atoms with Gasteiger partial charge in [0.25, 0.3) is 0 Å². The number of aliphatic hydroxyl groups excluding tert-OH is 1. The minimum atomic E-state index is -0.979. The lowest BCUT2D eigenvalue weighted by molar-refractivity contribution is -0.140. The normalized spacial score (nSPS) is 19.9. The van der Waals surface area contributed by atoms with E-state index >= 15 is 0 Å². The molecule has 0 aliphatic carbocycles. The molecular formula is C23H41N5O7. The predicted octanol–water partition coefficient (Wildman–Crippen LogP) is -0.401. The molecule has 1 saturated heterocycles. The monoisotopic (exact) mass is 499 g/mol. The van der Waals surface area contributed by atoms with Gasteiger partial charge in [-0.15, -0.1) is 0 Å². The summed E-state index contributed by atoms with van der Waals surface area (Å²) < 4.78 is 0. The van der Waals surface area contributed by atoms with Crippen LogP contribution in [0.15, 0.2) is 16.8 Å². The molecule has 0 atom stereocenters. The molecule has 2 aliphatic heterocycles. The Morgan fingerprint density at radius 2 is 1.11 bits per heavy atom. The first-order valence-corrected chi connectivity index (χ1v) is 12.2. The highest BCUT2D eigenvalue weighted by Crippen LogP contribution is 2.12. The molecule has 0 aromatic heterocycles. The summed E-state index contributed by atoms with van der Waals surface area (Å²) in [5.74, 6) is -2.87. The van der Waals surface area contributed by atoms with Gasteiger partial charge in [0.2, 0.25) is 0 Å². The predicted molar refractivity (Wildman–Crippen MR) is 132 cm³/mol. The largest absolute Gasteiger partial charge is 0.480 e. The second kappa shape index (κ2) is 17.1. The summed E-state index contributed by atoms with van der Waals surface area (Å²) in [4.78, 5) is 45.9. The summed E-state index contributed by atoms with van der Waals surface area (Å²) in [7, 11) is 0. The number of aliphatic imine (C=N–C) groups is 1. The van der Waals surface area contributed by atoms with Gasteiger partial charge in [-0.2, -0.15) is 0 Å². The number of hydrogen-bond donors (Lipinski definition) is 4. The van der Waals surface area contributed by atoms with E-state index in [4.69, 9.17) is 0 Å². The Morgan fingerprint density at radius 1 is 0.743 bits per heavy atom. The molecule has 0 radical (unpaired) electrons. The van der Waals surface area contributed by atoms with E-state index in [0.717, 1.165) is 18.6 Å². The summed E-state index contributed by atoms with van der Waals surface area (Å²) >= 11 is 0. The van der Waals surface area contributed by atoms with Gasteiger partial charge in [0.05, 0.1) is 31.9 Å². The number of hydrogen-bond acceptors (Lipinski definition) is 9. The number of aliphatic hydroxyl groups is 1. The fourth-order valence-electron chi connectivity index (χ4n) is 3.97. The fourth-order valence-corrected chi connectivity index (χ4v) is 3.97. The number of nitrogens with zero attached hydrogens (tertiary/aromatic N) is 5. The lowest BCUT2D eigenvalue weighted by Gasteiger charge is -2.33. The Kier molecular flexibility index (Phi) is 15.0. The van der Waals surface area contributed by atoms with Crippen LogP contribution in [0.3, 0.4) is 0 Å². The van der Waals surface area contributed by atoms with Crippen molar-refractivity contribution in [1.29, 1.82) is 0 Å². The van der Waals surface area contributed by atoms with Gasteiger partial charge in [-0.1, -0.05) is 19.9 Å². The third-order valence-electron chi connectivity index (χ3n) is 5.69. The Balaban J connectivity index is 0.00000298. The van der Waals surface area contributed by atoms with Crippen molar-refractivity contribution in [2.75, 3.05) is 85.1 Å². The zero-order chi connectivity index (χ0) is 26.2. The third kappa shape index (κ3) is 13.3. The summed E-state index contributed by atoms with van der Waals surface area (Å²) in [6, 6.07) is 0. The first kappa shape index (κ1) is 30.7. The average molecular weight is 500 g/mol. The molecule has 200 valence electrons. The Morgan fingerprint density at radius 3 is 1.46 bits per heavy atom. The van der Waals surface area contributed by atoms with Crippen LogP contribution in [0.25, 0.3) is 0 Å². The number of rotatable bonds is 9. The van der Waals surface area contributed by atoms with Crippen molar-refractivity contribution >= 4 is 23.6 Å². The maximum atomic E-state index is 11.3. The fraction of sp³-hybridized carbons (Fsp3) is 0.739. The summed E-state index contributed by atoms with van der Waals surface area (Å²) in [6.07, 6.45) is 3.49. The highest BCUT2D eigenvalue weighted by molar-refractivity contribution is 5.88. The molecule has 0 bridgehead atoms. The molecule has 0 aromatic rings. The summed E-state index contributed by atoms with van der Waals surface area (Å²) in [6.45, 7) is 7.58. The molecular weight excluding hydrogens is 458 g/mol. The average Bonchev–Trinajstić information content (AvgIpc) is 2.81. The maximum Gasteiger partial charge on any atom is 0.317 e. The molecule has 1 fully saturated rings. The van der Waals surface area contributed by atoms with Crippen molar-refractivity contribution in [1.82, 2.24) is 19.6 Å². The molecule has 2 heterocycles. The summed E-state index contributed by atoms with van der Waals surface area (Å²) in [5, 5.41) is 37.2. The molecule has 0 saturated carbocycles. The van der Waals surface area contributed by atoms with Gasteiger partial charge >= 0.3 is 17.9 Å². The zero-order valence-corrected chi connectivity index (χ0v) is 20.9. The van der Waals surface area contributed by atoms with Gasteiger partial charge < -0.3 is 20.4 Å². The van der Waals surface area contributed by atoms with Crippen LogP contribution in [0.4, 0.5) is 0 Å². The van der Waals surface area contributed by atoms with E-state index in [1.54, 1.807) is 14.7 Å². The van der Waals surface area contributed by atoms with Crippen LogP contribution < -0.4 is 0 Å². The molecule has 2 rings (SSSR count). The number of carboxylic acid groups (broad SMARTS) is 3. The van der Waals surface area contributed by atoms with Crippen molar-refractivity contribution in [3.8, 4) is 0 Å². The lowest BCUT2D eigenvalue weighted by atomic mass is 10.1. The van der Waals surface area contributed by atoms with Crippen molar-refractivity contribution < 1.29 is 34.8 Å². The molecule has 4 N–H and O–H groups in total. The van der Waals surface area contributed by atoms with Gasteiger partial charge in [-0.05, 0) is 12.8 Å². The van der Waals surface area contributed by atoms with Gasteiger partial charge in [0, 0.05) is 64.6 Å². The van der Waals surface area contributed by atoms with E-state index in [2.05, 4.69) is 9.89 Å². The number of carboxylic acids is 3. The van der Waals surface area contributed by atoms with Crippen LogP contribution in [-0.4, -0.2) is 149 Å². The van der Waals surface area contributed by atoms with Crippen LogP contribution in [-0.2, 0) is 14.4 Å². The Labute approximate surface area is 207 Å². The standard InChI is InChI=1S/C21H35N5O7.C2H6/c27-16-18-3-1-2-17(22-18)12-23-4-6-24(13-19(28)29)8-10-26(15-21(32)33)11-9-25(7-5-23)14-20(30)31;1-2/h3,27H,1-2,4-16H2,(H,28,29)(H,30,31)(H,32,33);1-2H3. The molecule has 35 heavy (non-hydrogen) atoms. The molecule has 0 unspecified atom stereocenters. The quantitative estimate of drug-likeness (QED) is 0.327. The highest BCUT2D eigenvalue weighted by atomic mass is 16.4. The topological polar surface area (TPSA) is 157 Å². The van der Waals surface area contributed by atoms with Crippen LogP contribution >= 0.6 is 0 Å². The van der Waals surface area contributed by atoms with Gasteiger partial charge in [-0.25, -0.2) is 0 Å². The first-order chi connectivity index (χ1) is 16.7. The van der Waals surface area contributed by atoms with Crippen LogP contribution in [0, 0.1) is 0 Å². The molecule has 0 amide bonds. The van der Waals surface area contributed by atoms with E-state index in [0.29, 0.717) is 64.6 Å². The lowest BCUT2D eigenvalue weighted by Crippen LogP contribution is -2.49. The van der Waals surface area contributed by atoms with E-state index < -0.39 is 17.9 Å². The molecule has 0 spiro atoms. The molecule has 12 nitrogen and oxygen atoms in total. The Hall–Kier alpha value is -2.38. The van der Waals surface area contributed by atoms with E-state index in [1.165, 1.54) is 0 Å². The zero-order valence-electron chi connectivity index (χ0n) is 20.9. The van der Waals surface area contributed by atoms with Crippen LogP contribution in [0.5, 0.6) is 0 Å². The third-order valence-corrected chi connectivity index (χ3v) is 5.69. The smallest absolute Gasteiger partial charge is 0.317 e. The van der Waals surface area contributed by atoms with Gasteiger partial charge in [0.1, 0.15) is 0 Å². The first-order valence-electron chi connectivity index (χ1n) is 12.2. The van der Waals surface area contributed by atoms with Gasteiger partial charge in [0.15, 0.2) is 0 Å². The SMILES string of the molecule is CC.O=C(O)CN1CCN(CC(=O)O)CCN(CC2=NC(CO)=CCC2)CCN(CC(=O)O)CC1. The maximum absolute atomic E-state index is 11.3. The van der Waals surface area contributed by atoms with Gasteiger partial charge in [-0.3, -0.25) is 39.0 Å². The number of carbonyl (C=O) groups is 3. The van der Waals surface area contributed by atoms with E-state index in [-0.39, 0.29) is 26.2 Å². The number of allylic oxidation sites excluding steroid dienone is 1. The summed E-state index contributed by atoms with van der Waals surface area (Å²) in [5.41, 5.74) is 1.58.